The lowest BCUT2D eigenvalue weighted by molar-refractivity contribution is 0.0978. The number of nitrogens with zero attached hydrogens (tertiary/aromatic N) is 1. The Morgan fingerprint density at radius 3 is 2.73 bits per heavy atom. The van der Waals surface area contributed by atoms with Crippen LogP contribution in [-0.2, 0) is 0 Å². The Kier molecular flexibility index (Phi) is 4.05. The third-order valence-corrected chi connectivity index (χ3v) is 1.94. The minimum Gasteiger partial charge on any atom is -0.496 e. The molecule has 5 heteroatoms. The van der Waals surface area contributed by atoms with Gasteiger partial charge in [0.15, 0.2) is 5.78 Å². The van der Waals surface area contributed by atoms with E-state index < -0.39 is 0 Å². The molecule has 1 heterocycles. The Balaban J connectivity index is 3.15. The van der Waals surface area contributed by atoms with E-state index >= 15 is 0 Å². The fraction of sp³-hybridized carbons (Fsp3) is 0.400. The van der Waals surface area contributed by atoms with Crippen molar-refractivity contribution in [3.8, 4) is 11.6 Å². The smallest absolute Gasteiger partial charge is 0.227 e. The SMILES string of the molecule is COc1ccnc(OC)c1C(=O)CCN. The number of carbonyl (C=O) groups is 1. The van der Waals surface area contributed by atoms with Crippen LogP contribution in [0, 0.1) is 0 Å². The van der Waals surface area contributed by atoms with Crippen LogP contribution in [0.3, 0.4) is 0 Å². The number of ether oxygens (including phenoxy) is 2. The zero-order chi connectivity index (χ0) is 11.3. The monoisotopic (exact) mass is 210 g/mol. The van der Waals surface area contributed by atoms with Crippen LogP contribution in [0.2, 0.25) is 0 Å². The number of methoxy groups -OCH3 is 2. The predicted octanol–water partition coefficient (Wildman–Crippen LogP) is 0.630. The number of aromatic nitrogens is 1. The van der Waals surface area contributed by atoms with Crippen LogP contribution in [-0.4, -0.2) is 31.5 Å². The molecule has 15 heavy (non-hydrogen) atoms. The number of rotatable bonds is 5. The summed E-state index contributed by atoms with van der Waals surface area (Å²) in [6, 6.07) is 1.62. The summed E-state index contributed by atoms with van der Waals surface area (Å²) in [5.41, 5.74) is 5.68. The van der Waals surface area contributed by atoms with E-state index in [2.05, 4.69) is 4.98 Å². The van der Waals surface area contributed by atoms with Crippen molar-refractivity contribution in [2.75, 3.05) is 20.8 Å². The zero-order valence-electron chi connectivity index (χ0n) is 8.82. The van der Waals surface area contributed by atoms with Crippen molar-refractivity contribution in [2.24, 2.45) is 5.73 Å². The first-order valence-corrected chi connectivity index (χ1v) is 4.54. The molecule has 0 radical (unpaired) electrons. The van der Waals surface area contributed by atoms with Gasteiger partial charge in [0.05, 0.1) is 14.2 Å². The van der Waals surface area contributed by atoms with Gasteiger partial charge in [-0.25, -0.2) is 4.98 Å². The number of ketones is 1. The number of carbonyl (C=O) groups excluding carboxylic acids is 1. The summed E-state index contributed by atoms with van der Waals surface area (Å²) in [5.74, 6) is 0.604. The summed E-state index contributed by atoms with van der Waals surface area (Å²) in [7, 11) is 2.95. The average Bonchev–Trinajstić information content (AvgIpc) is 2.28. The first-order chi connectivity index (χ1) is 7.24. The van der Waals surface area contributed by atoms with Crippen molar-refractivity contribution in [1.82, 2.24) is 4.98 Å². The summed E-state index contributed by atoms with van der Waals surface area (Å²) in [6.07, 6.45) is 1.77. The molecule has 2 N–H and O–H groups in total. The van der Waals surface area contributed by atoms with Gasteiger partial charge in [0.25, 0.3) is 0 Å². The van der Waals surface area contributed by atoms with Crippen molar-refractivity contribution >= 4 is 5.78 Å². The van der Waals surface area contributed by atoms with Crippen molar-refractivity contribution in [1.29, 1.82) is 0 Å². The molecular weight excluding hydrogens is 196 g/mol. The highest BCUT2D eigenvalue weighted by Crippen LogP contribution is 2.26. The predicted molar refractivity (Wildman–Crippen MR) is 55.3 cm³/mol. The number of hydrogen-bond acceptors (Lipinski definition) is 5. The molecule has 1 aromatic rings. The van der Waals surface area contributed by atoms with Crippen molar-refractivity contribution in [2.45, 2.75) is 6.42 Å². The van der Waals surface area contributed by atoms with E-state index in [-0.39, 0.29) is 18.1 Å². The second kappa shape index (κ2) is 5.31. The molecule has 0 amide bonds. The Labute approximate surface area is 88.2 Å². The topological polar surface area (TPSA) is 74.4 Å². The van der Waals surface area contributed by atoms with Gasteiger partial charge < -0.3 is 15.2 Å². The Morgan fingerprint density at radius 1 is 1.47 bits per heavy atom. The maximum atomic E-state index is 11.7. The maximum absolute atomic E-state index is 11.7. The molecule has 0 aromatic carbocycles. The van der Waals surface area contributed by atoms with Gasteiger partial charge in [0.2, 0.25) is 5.88 Å². The van der Waals surface area contributed by atoms with Gasteiger partial charge in [-0.3, -0.25) is 4.79 Å². The molecule has 0 atom stereocenters. The normalized spacial score (nSPS) is 9.80. The average molecular weight is 210 g/mol. The Hall–Kier alpha value is -1.62. The lowest BCUT2D eigenvalue weighted by Crippen LogP contribution is -2.11. The van der Waals surface area contributed by atoms with E-state index in [0.717, 1.165) is 0 Å². The molecular formula is C10H14N2O3. The summed E-state index contributed by atoms with van der Waals surface area (Å²) in [6.45, 7) is 0.292. The van der Waals surface area contributed by atoms with Crippen molar-refractivity contribution < 1.29 is 14.3 Å². The highest BCUT2D eigenvalue weighted by atomic mass is 16.5. The molecule has 1 rings (SSSR count). The van der Waals surface area contributed by atoms with E-state index in [0.29, 0.717) is 17.9 Å². The molecule has 0 saturated heterocycles. The van der Waals surface area contributed by atoms with Crippen LogP contribution in [0.15, 0.2) is 12.3 Å². The molecule has 0 bridgehead atoms. The standard InChI is InChI=1S/C10H14N2O3/c1-14-8-4-6-12-10(15-2)9(8)7(13)3-5-11/h4,6H,3,5,11H2,1-2H3. The van der Waals surface area contributed by atoms with E-state index in [1.165, 1.54) is 20.4 Å². The Morgan fingerprint density at radius 2 is 2.20 bits per heavy atom. The van der Waals surface area contributed by atoms with Gasteiger partial charge >= 0.3 is 0 Å². The molecule has 0 aliphatic carbocycles. The Bertz CT molecular complexity index is 330. The van der Waals surface area contributed by atoms with Gasteiger partial charge in [-0.2, -0.15) is 0 Å². The summed E-state index contributed by atoms with van der Waals surface area (Å²) < 4.78 is 10.1. The molecule has 0 aliphatic heterocycles. The highest BCUT2D eigenvalue weighted by molar-refractivity contribution is 6.00. The fourth-order valence-corrected chi connectivity index (χ4v) is 1.26. The van der Waals surface area contributed by atoms with E-state index in [1.54, 1.807) is 6.07 Å². The summed E-state index contributed by atoms with van der Waals surface area (Å²) in [4.78, 5) is 15.7. The molecule has 0 unspecified atom stereocenters. The molecule has 5 nitrogen and oxygen atoms in total. The van der Waals surface area contributed by atoms with E-state index in [4.69, 9.17) is 15.2 Å². The highest BCUT2D eigenvalue weighted by Gasteiger charge is 2.18. The molecule has 0 aliphatic rings. The van der Waals surface area contributed by atoms with E-state index in [9.17, 15) is 4.79 Å². The van der Waals surface area contributed by atoms with Crippen LogP contribution >= 0.6 is 0 Å². The van der Waals surface area contributed by atoms with Gasteiger partial charge in [0, 0.05) is 12.6 Å². The number of pyridine rings is 1. The third kappa shape index (κ3) is 2.44. The molecule has 0 fully saturated rings. The van der Waals surface area contributed by atoms with Crippen LogP contribution in [0.25, 0.3) is 0 Å². The zero-order valence-corrected chi connectivity index (χ0v) is 8.82. The number of nitrogens with two attached hydrogens (primary N) is 1. The molecule has 0 saturated carbocycles. The van der Waals surface area contributed by atoms with Gasteiger partial charge in [-0.05, 0) is 12.6 Å². The van der Waals surface area contributed by atoms with Crippen molar-refractivity contribution in [3.05, 3.63) is 17.8 Å². The van der Waals surface area contributed by atoms with Gasteiger partial charge in [-0.1, -0.05) is 0 Å². The molecule has 1 aromatic heterocycles. The van der Waals surface area contributed by atoms with Gasteiger partial charge in [0.1, 0.15) is 11.3 Å². The third-order valence-electron chi connectivity index (χ3n) is 1.94. The van der Waals surface area contributed by atoms with Crippen LogP contribution < -0.4 is 15.2 Å². The van der Waals surface area contributed by atoms with E-state index in [1.807, 2.05) is 0 Å². The largest absolute Gasteiger partial charge is 0.496 e. The fourth-order valence-electron chi connectivity index (χ4n) is 1.26. The lowest BCUT2D eigenvalue weighted by Gasteiger charge is -2.10. The minimum atomic E-state index is -0.126. The summed E-state index contributed by atoms with van der Waals surface area (Å²) in [5, 5.41) is 0. The lowest BCUT2D eigenvalue weighted by atomic mass is 10.1. The molecule has 0 spiro atoms. The second-order valence-corrected chi connectivity index (χ2v) is 2.86. The number of Topliss-reactive ketones (excluding diaryl/α,β-unsaturated/α-hetero) is 1. The maximum Gasteiger partial charge on any atom is 0.227 e. The first-order valence-electron chi connectivity index (χ1n) is 4.54. The first kappa shape index (κ1) is 11.5. The minimum absolute atomic E-state index is 0.126. The quantitative estimate of drug-likeness (QED) is 0.721. The van der Waals surface area contributed by atoms with Crippen LogP contribution in [0.5, 0.6) is 11.6 Å². The number of hydrogen-bond donors (Lipinski definition) is 1. The molecule has 82 valence electrons. The van der Waals surface area contributed by atoms with Crippen LogP contribution in [0.1, 0.15) is 16.8 Å². The van der Waals surface area contributed by atoms with Gasteiger partial charge in [-0.15, -0.1) is 0 Å². The second-order valence-electron chi connectivity index (χ2n) is 2.86. The summed E-state index contributed by atoms with van der Waals surface area (Å²) >= 11 is 0. The van der Waals surface area contributed by atoms with Crippen LogP contribution in [0.4, 0.5) is 0 Å². The van der Waals surface area contributed by atoms with Crippen molar-refractivity contribution in [3.63, 3.8) is 0 Å².